The van der Waals surface area contributed by atoms with Gasteiger partial charge in [-0.3, -0.25) is 4.79 Å². The summed E-state index contributed by atoms with van der Waals surface area (Å²) in [7, 11) is 0. The van der Waals surface area contributed by atoms with E-state index in [1.165, 1.54) is 0 Å². The second-order valence-electron chi connectivity index (χ2n) is 5.87. The van der Waals surface area contributed by atoms with Crippen LogP contribution in [0.3, 0.4) is 0 Å². The van der Waals surface area contributed by atoms with Crippen molar-refractivity contribution in [2.24, 2.45) is 11.8 Å². The van der Waals surface area contributed by atoms with Gasteiger partial charge in [0, 0.05) is 12.2 Å². The lowest BCUT2D eigenvalue weighted by atomic mass is 9.78. The van der Waals surface area contributed by atoms with Crippen LogP contribution in [0.25, 0.3) is 0 Å². The maximum Gasteiger partial charge on any atom is 0.417 e. The average Bonchev–Trinajstić information content (AvgIpc) is 2.42. The van der Waals surface area contributed by atoms with Gasteiger partial charge in [-0.2, -0.15) is 13.2 Å². The van der Waals surface area contributed by atoms with Crippen LogP contribution in [0.2, 0.25) is 5.15 Å². The third-order valence-corrected chi connectivity index (χ3v) is 4.75. The minimum Gasteiger partial charge on any atom is -0.349 e. The molecule has 1 aliphatic rings. The Morgan fingerprint density at radius 3 is 2.68 bits per heavy atom. The Kier molecular flexibility index (Phi) is 5.00. The molecule has 0 saturated heterocycles. The minimum absolute atomic E-state index is 0.145. The lowest BCUT2D eigenvalue weighted by Gasteiger charge is -2.34. The van der Waals surface area contributed by atoms with E-state index < -0.39 is 28.4 Å². The van der Waals surface area contributed by atoms with E-state index in [0.29, 0.717) is 5.92 Å². The molecule has 0 aliphatic heterocycles. The number of pyridine rings is 1. The molecule has 0 spiro atoms. The summed E-state index contributed by atoms with van der Waals surface area (Å²) in [6.45, 7) is 4.09. The van der Waals surface area contributed by atoms with Crippen LogP contribution in [-0.4, -0.2) is 16.9 Å². The monoisotopic (exact) mass is 334 g/mol. The zero-order chi connectivity index (χ0) is 16.5. The molecule has 122 valence electrons. The summed E-state index contributed by atoms with van der Waals surface area (Å²) in [5.41, 5.74) is -1.65. The van der Waals surface area contributed by atoms with Crippen LogP contribution in [0.4, 0.5) is 13.2 Å². The lowest BCUT2D eigenvalue weighted by molar-refractivity contribution is -0.138. The van der Waals surface area contributed by atoms with Crippen LogP contribution in [-0.2, 0) is 6.18 Å². The van der Waals surface area contributed by atoms with Gasteiger partial charge in [0.2, 0.25) is 0 Å². The largest absolute Gasteiger partial charge is 0.417 e. The third kappa shape index (κ3) is 3.54. The molecule has 22 heavy (non-hydrogen) atoms. The van der Waals surface area contributed by atoms with Crippen molar-refractivity contribution in [3.63, 3.8) is 0 Å². The smallest absolute Gasteiger partial charge is 0.349 e. The van der Waals surface area contributed by atoms with E-state index in [1.807, 2.05) is 6.92 Å². The predicted octanol–water partition coefficient (Wildman–Crippen LogP) is 4.31. The Hall–Kier alpha value is -1.30. The second kappa shape index (κ2) is 6.44. The average molecular weight is 335 g/mol. The molecule has 0 aromatic carbocycles. The molecule has 1 fully saturated rings. The SMILES string of the molecule is C[C@H]1[C@H](C)CCC[C@H]1NC(=O)c1c(C(F)(F)F)ccnc1Cl. The van der Waals surface area contributed by atoms with Crippen LogP contribution in [0, 0.1) is 11.8 Å². The van der Waals surface area contributed by atoms with Crippen molar-refractivity contribution in [3.8, 4) is 0 Å². The first-order valence-electron chi connectivity index (χ1n) is 7.24. The number of carbonyl (C=O) groups is 1. The highest BCUT2D eigenvalue weighted by Crippen LogP contribution is 2.35. The highest BCUT2D eigenvalue weighted by atomic mass is 35.5. The molecule has 1 aliphatic carbocycles. The zero-order valence-electron chi connectivity index (χ0n) is 12.4. The number of rotatable bonds is 2. The number of carbonyl (C=O) groups excluding carboxylic acids is 1. The van der Waals surface area contributed by atoms with Gasteiger partial charge >= 0.3 is 6.18 Å². The number of alkyl halides is 3. The molecule has 0 radical (unpaired) electrons. The van der Waals surface area contributed by atoms with E-state index >= 15 is 0 Å². The molecule has 1 N–H and O–H groups in total. The number of hydrogen-bond acceptors (Lipinski definition) is 2. The van der Waals surface area contributed by atoms with Crippen molar-refractivity contribution < 1.29 is 18.0 Å². The van der Waals surface area contributed by atoms with Crippen molar-refractivity contribution in [1.82, 2.24) is 10.3 Å². The summed E-state index contributed by atoms with van der Waals surface area (Å²) in [5, 5.41) is 2.28. The van der Waals surface area contributed by atoms with Crippen LogP contribution in [0.15, 0.2) is 12.3 Å². The van der Waals surface area contributed by atoms with Crippen LogP contribution >= 0.6 is 11.6 Å². The Bertz CT molecular complexity index is 562. The van der Waals surface area contributed by atoms with E-state index in [9.17, 15) is 18.0 Å². The molecular formula is C15H18ClF3N2O. The first-order chi connectivity index (χ1) is 10.2. The molecule has 1 heterocycles. The van der Waals surface area contributed by atoms with Gasteiger partial charge in [-0.1, -0.05) is 38.3 Å². The molecule has 1 aromatic rings. The summed E-state index contributed by atoms with van der Waals surface area (Å²) < 4.78 is 39.1. The fraction of sp³-hybridized carbons (Fsp3) is 0.600. The fourth-order valence-electron chi connectivity index (χ4n) is 2.91. The van der Waals surface area contributed by atoms with E-state index in [1.54, 1.807) is 0 Å². The normalized spacial score (nSPS) is 25.8. The standard InChI is InChI=1S/C15H18ClF3N2O/c1-8-4-3-5-11(9(8)2)21-14(22)12-10(15(17,18)19)6-7-20-13(12)16/h6-9,11H,3-5H2,1-2H3,(H,21,22)/t8-,9+,11-/m1/s1. The van der Waals surface area contributed by atoms with Gasteiger partial charge in [-0.15, -0.1) is 0 Å². The number of aromatic nitrogens is 1. The van der Waals surface area contributed by atoms with Gasteiger partial charge in [0.15, 0.2) is 0 Å². The van der Waals surface area contributed by atoms with Crippen LogP contribution in [0.5, 0.6) is 0 Å². The van der Waals surface area contributed by atoms with E-state index in [-0.39, 0.29) is 12.0 Å². The highest BCUT2D eigenvalue weighted by molar-refractivity contribution is 6.32. The molecule has 0 unspecified atom stereocenters. The summed E-state index contributed by atoms with van der Waals surface area (Å²) >= 11 is 5.74. The molecule has 1 aromatic heterocycles. The predicted molar refractivity (Wildman–Crippen MR) is 77.7 cm³/mol. The van der Waals surface area contributed by atoms with Crippen molar-refractivity contribution in [3.05, 3.63) is 28.5 Å². The first kappa shape index (κ1) is 17.1. The summed E-state index contributed by atoms with van der Waals surface area (Å²) in [6.07, 6.45) is -0.924. The summed E-state index contributed by atoms with van der Waals surface area (Å²) in [4.78, 5) is 15.9. The number of halogens is 4. The second-order valence-corrected chi connectivity index (χ2v) is 6.23. The third-order valence-electron chi connectivity index (χ3n) is 4.46. The Morgan fingerprint density at radius 2 is 2.05 bits per heavy atom. The van der Waals surface area contributed by atoms with Crippen molar-refractivity contribution in [2.45, 2.75) is 45.3 Å². The molecule has 3 atom stereocenters. The number of hydrogen-bond donors (Lipinski definition) is 1. The Labute approximate surface area is 132 Å². The van der Waals surface area contributed by atoms with E-state index in [0.717, 1.165) is 31.5 Å². The van der Waals surface area contributed by atoms with Crippen LogP contribution in [0.1, 0.15) is 49.0 Å². The molecule has 3 nitrogen and oxygen atoms in total. The van der Waals surface area contributed by atoms with Crippen molar-refractivity contribution in [2.75, 3.05) is 0 Å². The minimum atomic E-state index is -4.65. The topological polar surface area (TPSA) is 42.0 Å². The zero-order valence-corrected chi connectivity index (χ0v) is 13.1. The number of amides is 1. The quantitative estimate of drug-likeness (QED) is 0.819. The molecular weight excluding hydrogens is 317 g/mol. The van der Waals surface area contributed by atoms with Gasteiger partial charge in [0.1, 0.15) is 5.15 Å². The van der Waals surface area contributed by atoms with Gasteiger partial charge in [0.05, 0.1) is 11.1 Å². The fourth-order valence-corrected chi connectivity index (χ4v) is 3.16. The van der Waals surface area contributed by atoms with Crippen molar-refractivity contribution in [1.29, 1.82) is 0 Å². The first-order valence-corrected chi connectivity index (χ1v) is 7.62. The van der Waals surface area contributed by atoms with Crippen LogP contribution < -0.4 is 5.32 Å². The molecule has 1 amide bonds. The highest BCUT2D eigenvalue weighted by Gasteiger charge is 2.38. The maximum absolute atomic E-state index is 13.0. The van der Waals surface area contributed by atoms with Gasteiger partial charge in [0.25, 0.3) is 5.91 Å². The molecule has 7 heteroatoms. The lowest BCUT2D eigenvalue weighted by Crippen LogP contribution is -2.44. The maximum atomic E-state index is 13.0. The summed E-state index contributed by atoms with van der Waals surface area (Å²) in [6, 6.07) is 0.627. The number of nitrogens with one attached hydrogen (secondary N) is 1. The van der Waals surface area contributed by atoms with Gasteiger partial charge < -0.3 is 5.32 Å². The Morgan fingerprint density at radius 1 is 1.36 bits per heavy atom. The molecule has 0 bridgehead atoms. The van der Waals surface area contributed by atoms with Crippen molar-refractivity contribution >= 4 is 17.5 Å². The molecule has 2 rings (SSSR count). The van der Waals surface area contributed by atoms with E-state index in [2.05, 4.69) is 17.2 Å². The van der Waals surface area contributed by atoms with Gasteiger partial charge in [-0.05, 0) is 24.3 Å². The van der Waals surface area contributed by atoms with E-state index in [4.69, 9.17) is 11.6 Å². The summed E-state index contributed by atoms with van der Waals surface area (Å²) in [5.74, 6) is -0.177. The number of nitrogens with zero attached hydrogens (tertiary/aromatic N) is 1. The Balaban J connectivity index is 2.27. The molecule has 1 saturated carbocycles. The van der Waals surface area contributed by atoms with Gasteiger partial charge in [-0.25, -0.2) is 4.98 Å².